The minimum absolute atomic E-state index is 0.0877. The number of amides is 2. The molecule has 0 aliphatic carbocycles. The largest absolute Gasteiger partial charge is 0.493 e. The monoisotopic (exact) mass is 422 g/mol. The molecule has 0 spiro atoms. The van der Waals surface area contributed by atoms with Gasteiger partial charge in [0.25, 0.3) is 0 Å². The highest BCUT2D eigenvalue weighted by Gasteiger charge is 2.14. The summed E-state index contributed by atoms with van der Waals surface area (Å²) in [4.78, 5) is 12.2. The van der Waals surface area contributed by atoms with E-state index in [1.165, 1.54) is 21.3 Å². The maximum atomic E-state index is 12.2. The summed E-state index contributed by atoms with van der Waals surface area (Å²) in [5, 5.41) is 18.4. The minimum atomic E-state index is -0.496. The van der Waals surface area contributed by atoms with Gasteiger partial charge in [0.2, 0.25) is 5.75 Å². The molecule has 0 saturated heterocycles. The lowest BCUT2D eigenvalue weighted by Gasteiger charge is -2.15. The second-order valence-electron chi connectivity index (χ2n) is 6.71. The number of ether oxygens (including phenoxy) is 3. The number of carbonyl (C=O) groups excluding carboxylic acids is 1. The second-order valence-corrected chi connectivity index (χ2v) is 6.71. The Hall–Kier alpha value is -3.94. The van der Waals surface area contributed by atoms with Crippen molar-refractivity contribution in [1.29, 1.82) is 5.41 Å². The molecule has 0 bridgehead atoms. The topological polar surface area (TPSA) is 105 Å². The molecule has 2 amide bonds. The third-order valence-electron chi connectivity index (χ3n) is 4.75. The fourth-order valence-corrected chi connectivity index (χ4v) is 3.25. The van der Waals surface area contributed by atoms with Crippen LogP contribution in [0.2, 0.25) is 0 Å². The number of hydrogen-bond donors (Lipinski definition) is 4. The van der Waals surface area contributed by atoms with Crippen molar-refractivity contribution in [1.82, 2.24) is 16.0 Å². The lowest BCUT2D eigenvalue weighted by atomic mass is 10.0. The zero-order chi connectivity index (χ0) is 22.2. The highest BCUT2D eigenvalue weighted by molar-refractivity contribution is 5.94. The summed E-state index contributed by atoms with van der Waals surface area (Å²) in [6, 6.07) is 17.1. The first-order valence-electron chi connectivity index (χ1n) is 9.68. The molecule has 162 valence electrons. The Morgan fingerprint density at radius 2 is 1.55 bits per heavy atom. The molecule has 8 heteroatoms. The summed E-state index contributed by atoms with van der Waals surface area (Å²) in [6.07, 6.45) is 0. The summed E-state index contributed by atoms with van der Waals surface area (Å²) < 4.78 is 15.9. The highest BCUT2D eigenvalue weighted by Crippen LogP contribution is 2.38. The van der Waals surface area contributed by atoms with Gasteiger partial charge in [0, 0.05) is 13.1 Å². The first-order chi connectivity index (χ1) is 15.0. The number of nitrogens with one attached hydrogen (secondary N) is 4. The van der Waals surface area contributed by atoms with E-state index >= 15 is 0 Å². The van der Waals surface area contributed by atoms with Crippen molar-refractivity contribution >= 4 is 22.8 Å². The minimum Gasteiger partial charge on any atom is -0.493 e. The van der Waals surface area contributed by atoms with Crippen LogP contribution in [-0.4, -0.2) is 33.3 Å². The standard InChI is InChI=1S/C23H26N4O4/c1-29-19-11-15(12-20(30-2)21(19)31-3)13-26-23(28)27-22(24)25-14-17-9-6-8-16-7-4-5-10-18(16)17/h4-12H,13-14H2,1-3H3,(H4,24,25,26,27,28). The van der Waals surface area contributed by atoms with Crippen LogP contribution < -0.4 is 30.2 Å². The van der Waals surface area contributed by atoms with Crippen molar-refractivity contribution < 1.29 is 19.0 Å². The molecule has 3 rings (SSSR count). The average molecular weight is 422 g/mol. The third kappa shape index (κ3) is 5.36. The number of benzene rings is 3. The molecule has 0 radical (unpaired) electrons. The van der Waals surface area contributed by atoms with Crippen LogP contribution in [0.1, 0.15) is 11.1 Å². The van der Waals surface area contributed by atoms with Crippen molar-refractivity contribution in [2.45, 2.75) is 13.1 Å². The molecular weight excluding hydrogens is 396 g/mol. The van der Waals surface area contributed by atoms with Crippen LogP contribution in [0.25, 0.3) is 10.8 Å². The van der Waals surface area contributed by atoms with Crippen molar-refractivity contribution in [3.8, 4) is 17.2 Å². The van der Waals surface area contributed by atoms with Gasteiger partial charge in [-0.25, -0.2) is 4.79 Å². The van der Waals surface area contributed by atoms with Gasteiger partial charge in [0.05, 0.1) is 21.3 Å². The van der Waals surface area contributed by atoms with Gasteiger partial charge in [-0.2, -0.15) is 0 Å². The Labute approximate surface area is 181 Å². The van der Waals surface area contributed by atoms with Crippen LogP contribution in [-0.2, 0) is 13.1 Å². The van der Waals surface area contributed by atoms with Crippen molar-refractivity contribution in [3.05, 3.63) is 65.7 Å². The molecule has 3 aromatic rings. The van der Waals surface area contributed by atoms with Gasteiger partial charge in [-0.05, 0) is 34.0 Å². The number of fused-ring (bicyclic) bond motifs is 1. The fraction of sp³-hybridized carbons (Fsp3) is 0.217. The summed E-state index contributed by atoms with van der Waals surface area (Å²) in [5.74, 6) is 1.40. The van der Waals surface area contributed by atoms with Gasteiger partial charge in [0.15, 0.2) is 17.5 Å². The van der Waals surface area contributed by atoms with Crippen LogP contribution in [0.15, 0.2) is 54.6 Å². The normalized spacial score (nSPS) is 10.3. The van der Waals surface area contributed by atoms with E-state index < -0.39 is 6.03 Å². The Balaban J connectivity index is 1.54. The molecule has 4 N–H and O–H groups in total. The van der Waals surface area contributed by atoms with Gasteiger partial charge in [-0.3, -0.25) is 10.7 Å². The lowest BCUT2D eigenvalue weighted by Crippen LogP contribution is -2.44. The zero-order valence-corrected chi connectivity index (χ0v) is 17.7. The average Bonchev–Trinajstić information content (AvgIpc) is 2.80. The molecule has 0 aliphatic heterocycles. The number of hydrogen-bond acceptors (Lipinski definition) is 5. The first kappa shape index (κ1) is 21.8. The van der Waals surface area contributed by atoms with E-state index in [4.69, 9.17) is 19.6 Å². The van der Waals surface area contributed by atoms with Crippen molar-refractivity contribution in [3.63, 3.8) is 0 Å². The first-order valence-corrected chi connectivity index (χ1v) is 9.68. The number of carbonyl (C=O) groups is 1. The molecule has 0 aromatic heterocycles. The SMILES string of the molecule is COc1cc(CNC(=O)NC(=N)NCc2cccc3ccccc23)cc(OC)c1OC. The second kappa shape index (κ2) is 10.2. The van der Waals surface area contributed by atoms with E-state index in [1.807, 2.05) is 42.5 Å². The maximum absolute atomic E-state index is 12.2. The number of urea groups is 1. The van der Waals surface area contributed by atoms with Crippen LogP contribution in [0.3, 0.4) is 0 Å². The molecule has 0 heterocycles. The molecule has 3 aromatic carbocycles. The summed E-state index contributed by atoms with van der Waals surface area (Å²) in [7, 11) is 4.59. The third-order valence-corrected chi connectivity index (χ3v) is 4.75. The van der Waals surface area contributed by atoms with Gasteiger partial charge >= 0.3 is 6.03 Å². The molecule has 0 fully saturated rings. The lowest BCUT2D eigenvalue weighted by molar-refractivity contribution is 0.244. The van der Waals surface area contributed by atoms with Crippen LogP contribution in [0.5, 0.6) is 17.2 Å². The van der Waals surface area contributed by atoms with Crippen molar-refractivity contribution in [2.75, 3.05) is 21.3 Å². The fourth-order valence-electron chi connectivity index (χ4n) is 3.25. The van der Waals surface area contributed by atoms with Crippen LogP contribution >= 0.6 is 0 Å². The summed E-state index contributed by atoms with van der Waals surface area (Å²) in [5.41, 5.74) is 1.81. The van der Waals surface area contributed by atoms with E-state index in [-0.39, 0.29) is 12.5 Å². The Morgan fingerprint density at radius 1 is 0.871 bits per heavy atom. The number of methoxy groups -OCH3 is 3. The van der Waals surface area contributed by atoms with Crippen LogP contribution in [0.4, 0.5) is 4.79 Å². The highest BCUT2D eigenvalue weighted by atomic mass is 16.5. The van der Waals surface area contributed by atoms with Gasteiger partial charge < -0.3 is 24.8 Å². The predicted molar refractivity (Wildman–Crippen MR) is 120 cm³/mol. The Morgan fingerprint density at radius 3 is 2.23 bits per heavy atom. The Kier molecular flexibility index (Phi) is 7.16. The van der Waals surface area contributed by atoms with E-state index in [0.29, 0.717) is 23.8 Å². The van der Waals surface area contributed by atoms with E-state index in [9.17, 15) is 4.79 Å². The number of guanidine groups is 1. The quantitative estimate of drug-likeness (QED) is 0.345. The van der Waals surface area contributed by atoms with Crippen molar-refractivity contribution in [2.24, 2.45) is 0 Å². The molecule has 31 heavy (non-hydrogen) atoms. The smallest absolute Gasteiger partial charge is 0.321 e. The predicted octanol–water partition coefficient (Wildman–Crippen LogP) is 3.39. The van der Waals surface area contributed by atoms with Gasteiger partial charge in [0.1, 0.15) is 0 Å². The zero-order valence-electron chi connectivity index (χ0n) is 17.7. The maximum Gasteiger partial charge on any atom is 0.321 e. The van der Waals surface area contributed by atoms with Crippen LogP contribution in [0, 0.1) is 5.41 Å². The van der Waals surface area contributed by atoms with Gasteiger partial charge in [-0.1, -0.05) is 42.5 Å². The van der Waals surface area contributed by atoms with Gasteiger partial charge in [-0.15, -0.1) is 0 Å². The summed E-state index contributed by atoms with van der Waals surface area (Å²) >= 11 is 0. The van der Waals surface area contributed by atoms with E-state index in [1.54, 1.807) is 12.1 Å². The molecule has 8 nitrogen and oxygen atoms in total. The molecule has 0 aliphatic rings. The van der Waals surface area contributed by atoms with E-state index in [0.717, 1.165) is 21.9 Å². The molecule has 0 unspecified atom stereocenters. The number of rotatable bonds is 7. The Bertz CT molecular complexity index is 1050. The molecule has 0 saturated carbocycles. The van der Waals surface area contributed by atoms with E-state index in [2.05, 4.69) is 16.0 Å². The molecule has 0 atom stereocenters. The summed E-state index contributed by atoms with van der Waals surface area (Å²) in [6.45, 7) is 0.645. The molecular formula is C23H26N4O4.